The van der Waals surface area contributed by atoms with E-state index in [4.69, 9.17) is 4.74 Å². The molecule has 5 nitrogen and oxygen atoms in total. The average Bonchev–Trinajstić information content (AvgIpc) is 2.70. The van der Waals surface area contributed by atoms with Gasteiger partial charge < -0.3 is 15.0 Å². The van der Waals surface area contributed by atoms with Crippen LogP contribution >= 0.6 is 15.9 Å². The van der Waals surface area contributed by atoms with E-state index in [0.29, 0.717) is 30.9 Å². The van der Waals surface area contributed by atoms with Gasteiger partial charge in [0.05, 0.1) is 23.5 Å². The molecular weight excluding hydrogens is 324 g/mol. The summed E-state index contributed by atoms with van der Waals surface area (Å²) in [6, 6.07) is 3.47. The largest absolute Gasteiger partial charge is 0.383 e. The molecule has 0 atom stereocenters. The fourth-order valence-electron chi connectivity index (χ4n) is 2.06. The van der Waals surface area contributed by atoms with E-state index < -0.39 is 11.7 Å². The summed E-state index contributed by atoms with van der Waals surface area (Å²) in [5.41, 5.74) is 1.83. The summed E-state index contributed by atoms with van der Waals surface area (Å²) >= 11 is 3.45. The molecule has 1 amide bonds. The van der Waals surface area contributed by atoms with Crippen LogP contribution in [0.1, 0.15) is 10.4 Å². The van der Waals surface area contributed by atoms with Crippen molar-refractivity contribution in [1.29, 1.82) is 0 Å². The highest BCUT2D eigenvalue weighted by atomic mass is 79.9. The summed E-state index contributed by atoms with van der Waals surface area (Å²) in [6.45, 7) is 5.63. The Labute approximate surface area is 125 Å². The molecule has 2 rings (SSSR count). The first-order chi connectivity index (χ1) is 9.58. The van der Waals surface area contributed by atoms with Crippen LogP contribution in [0.25, 0.3) is 0 Å². The number of fused-ring (bicyclic) bond motifs is 1. The second-order valence-electron chi connectivity index (χ2n) is 4.36. The Bertz CT molecular complexity index is 572. The lowest BCUT2D eigenvalue weighted by Crippen LogP contribution is -2.27. The van der Waals surface area contributed by atoms with E-state index in [9.17, 15) is 9.59 Å². The van der Waals surface area contributed by atoms with Gasteiger partial charge in [0, 0.05) is 24.7 Å². The molecule has 0 radical (unpaired) electrons. The Morgan fingerprint density at radius 1 is 1.45 bits per heavy atom. The minimum absolute atomic E-state index is 0.399. The van der Waals surface area contributed by atoms with Crippen molar-refractivity contribution < 1.29 is 14.3 Å². The van der Waals surface area contributed by atoms with Gasteiger partial charge >= 0.3 is 0 Å². The van der Waals surface area contributed by atoms with Gasteiger partial charge in [-0.3, -0.25) is 9.59 Å². The quantitative estimate of drug-likeness (QED) is 0.638. The molecule has 1 aromatic carbocycles. The van der Waals surface area contributed by atoms with Crippen molar-refractivity contribution in [1.82, 2.24) is 0 Å². The number of Topliss-reactive ketones (excluding diaryl/α,β-unsaturated/α-hetero) is 1. The molecule has 1 aromatic rings. The molecule has 1 aliphatic rings. The molecule has 6 heteroatoms. The predicted molar refractivity (Wildman–Crippen MR) is 81.4 cm³/mol. The van der Waals surface area contributed by atoms with Gasteiger partial charge in [-0.25, -0.2) is 0 Å². The van der Waals surface area contributed by atoms with Gasteiger partial charge in [-0.1, -0.05) is 6.08 Å². The Morgan fingerprint density at radius 2 is 2.20 bits per heavy atom. The lowest BCUT2D eigenvalue weighted by atomic mass is 10.1. The van der Waals surface area contributed by atoms with Gasteiger partial charge in [-0.05, 0) is 28.1 Å². The van der Waals surface area contributed by atoms with Crippen LogP contribution in [-0.4, -0.2) is 38.5 Å². The number of benzene rings is 1. The summed E-state index contributed by atoms with van der Waals surface area (Å²) in [6.07, 6.45) is 1.79. The normalized spacial score (nSPS) is 13.1. The number of ether oxygens (including phenoxy) is 1. The molecule has 0 bridgehead atoms. The number of methoxy groups -OCH3 is 1. The average molecular weight is 339 g/mol. The van der Waals surface area contributed by atoms with E-state index in [1.54, 1.807) is 25.3 Å². The zero-order valence-electron chi connectivity index (χ0n) is 11.1. The number of carbonyl (C=O) groups is 2. The fourth-order valence-corrected chi connectivity index (χ4v) is 2.66. The van der Waals surface area contributed by atoms with Crippen LogP contribution < -0.4 is 10.2 Å². The highest BCUT2D eigenvalue weighted by Crippen LogP contribution is 2.35. The van der Waals surface area contributed by atoms with Crippen molar-refractivity contribution in [2.24, 2.45) is 0 Å². The maximum Gasteiger partial charge on any atom is 0.296 e. The number of rotatable bonds is 6. The minimum atomic E-state index is -0.587. The number of hydrogen-bond donors (Lipinski definition) is 1. The molecule has 0 saturated heterocycles. The van der Waals surface area contributed by atoms with Crippen LogP contribution in [0.3, 0.4) is 0 Å². The number of carbonyl (C=O) groups excluding carboxylic acids is 2. The van der Waals surface area contributed by atoms with Gasteiger partial charge in [-0.15, -0.1) is 6.58 Å². The second kappa shape index (κ2) is 6.19. The molecule has 106 valence electrons. The summed E-state index contributed by atoms with van der Waals surface area (Å²) in [7, 11) is 1.64. The summed E-state index contributed by atoms with van der Waals surface area (Å²) in [4.78, 5) is 25.1. The number of nitrogens with one attached hydrogen (secondary N) is 1. The SMILES string of the molecule is C=CCN(CCOC)c1cc2c(cc1Br)C(=O)C(=O)N2. The van der Waals surface area contributed by atoms with Crippen molar-refractivity contribution in [3.05, 3.63) is 34.8 Å². The maximum atomic E-state index is 11.6. The van der Waals surface area contributed by atoms with Crippen molar-refractivity contribution >= 4 is 39.0 Å². The lowest BCUT2D eigenvalue weighted by Gasteiger charge is -2.24. The first kappa shape index (κ1) is 14.7. The topological polar surface area (TPSA) is 58.6 Å². The van der Waals surface area contributed by atoms with E-state index in [-0.39, 0.29) is 0 Å². The van der Waals surface area contributed by atoms with E-state index in [2.05, 4.69) is 32.7 Å². The Morgan fingerprint density at radius 3 is 2.85 bits per heavy atom. The lowest BCUT2D eigenvalue weighted by molar-refractivity contribution is -0.112. The number of amides is 1. The number of nitrogens with zero attached hydrogens (tertiary/aromatic N) is 1. The minimum Gasteiger partial charge on any atom is -0.383 e. The van der Waals surface area contributed by atoms with Crippen molar-refractivity contribution in [2.45, 2.75) is 0 Å². The molecular formula is C14H15BrN2O3. The number of halogens is 1. The summed E-state index contributed by atoms with van der Waals surface area (Å²) in [5, 5.41) is 2.57. The highest BCUT2D eigenvalue weighted by Gasteiger charge is 2.29. The van der Waals surface area contributed by atoms with Crippen LogP contribution in [0.15, 0.2) is 29.3 Å². The second-order valence-corrected chi connectivity index (χ2v) is 5.21. The van der Waals surface area contributed by atoms with E-state index in [1.807, 2.05) is 0 Å². The molecule has 0 aliphatic carbocycles. The molecule has 1 aliphatic heterocycles. The van der Waals surface area contributed by atoms with Crippen LogP contribution in [0.5, 0.6) is 0 Å². The number of ketones is 1. The van der Waals surface area contributed by atoms with Gasteiger partial charge in [-0.2, -0.15) is 0 Å². The first-order valence-corrected chi connectivity index (χ1v) is 6.91. The van der Waals surface area contributed by atoms with Gasteiger partial charge in [0.2, 0.25) is 0 Å². The third-order valence-electron chi connectivity index (χ3n) is 3.04. The van der Waals surface area contributed by atoms with Gasteiger partial charge in [0.25, 0.3) is 11.7 Å². The van der Waals surface area contributed by atoms with Crippen LogP contribution in [0.2, 0.25) is 0 Å². The first-order valence-electron chi connectivity index (χ1n) is 6.12. The summed E-state index contributed by atoms with van der Waals surface area (Å²) in [5.74, 6) is -1.09. The van der Waals surface area contributed by atoms with Crippen molar-refractivity contribution in [3.63, 3.8) is 0 Å². The Hall–Kier alpha value is -1.66. The maximum absolute atomic E-state index is 11.6. The predicted octanol–water partition coefficient (Wildman–Crippen LogP) is 2.22. The van der Waals surface area contributed by atoms with E-state index in [1.165, 1.54) is 0 Å². The molecule has 0 fully saturated rings. The molecule has 1 N–H and O–H groups in total. The molecule has 0 unspecified atom stereocenters. The zero-order chi connectivity index (χ0) is 14.7. The third kappa shape index (κ3) is 2.76. The monoisotopic (exact) mass is 338 g/mol. The Balaban J connectivity index is 2.36. The number of anilines is 2. The Kier molecular flexibility index (Phi) is 4.57. The number of hydrogen-bond acceptors (Lipinski definition) is 4. The van der Waals surface area contributed by atoms with Gasteiger partial charge in [0.1, 0.15) is 0 Å². The molecule has 1 heterocycles. The van der Waals surface area contributed by atoms with Crippen molar-refractivity contribution in [3.8, 4) is 0 Å². The third-order valence-corrected chi connectivity index (χ3v) is 3.68. The van der Waals surface area contributed by atoms with E-state index >= 15 is 0 Å². The fraction of sp³-hybridized carbons (Fsp3) is 0.286. The van der Waals surface area contributed by atoms with Crippen LogP contribution in [0, 0.1) is 0 Å². The highest BCUT2D eigenvalue weighted by molar-refractivity contribution is 9.10. The molecule has 0 spiro atoms. The van der Waals surface area contributed by atoms with Crippen molar-refractivity contribution in [2.75, 3.05) is 37.0 Å². The van der Waals surface area contributed by atoms with Crippen LogP contribution in [-0.2, 0) is 9.53 Å². The summed E-state index contributed by atoms with van der Waals surface area (Å²) < 4.78 is 5.85. The zero-order valence-corrected chi connectivity index (χ0v) is 12.7. The van der Waals surface area contributed by atoms with Gasteiger partial charge in [0.15, 0.2) is 0 Å². The van der Waals surface area contributed by atoms with E-state index in [0.717, 1.165) is 10.2 Å². The molecule has 0 aromatic heterocycles. The smallest absolute Gasteiger partial charge is 0.296 e. The molecule has 0 saturated carbocycles. The molecule has 20 heavy (non-hydrogen) atoms. The standard InChI is InChI=1S/C14H15BrN2O3/c1-3-4-17(5-6-20-2)12-8-11-9(7-10(12)15)13(18)14(19)16-11/h3,7-8H,1,4-6H2,2H3,(H,16,18,19). The van der Waals surface area contributed by atoms with Crippen LogP contribution in [0.4, 0.5) is 11.4 Å².